The molecule has 1 aromatic carbocycles. The van der Waals surface area contributed by atoms with Crippen molar-refractivity contribution in [1.29, 1.82) is 0 Å². The summed E-state index contributed by atoms with van der Waals surface area (Å²) in [6, 6.07) is 6.99. The Kier molecular flexibility index (Phi) is 4.01. The maximum atomic E-state index is 12.7. The highest BCUT2D eigenvalue weighted by Gasteiger charge is 2.52. The van der Waals surface area contributed by atoms with Gasteiger partial charge in [-0.1, -0.05) is 11.6 Å². The molecule has 3 fully saturated rings. The van der Waals surface area contributed by atoms with Crippen LogP contribution in [-0.2, 0) is 9.53 Å². The van der Waals surface area contributed by atoms with Crippen LogP contribution < -0.4 is 0 Å². The van der Waals surface area contributed by atoms with Gasteiger partial charge in [0.25, 0.3) is 11.8 Å². The van der Waals surface area contributed by atoms with Gasteiger partial charge in [-0.05, 0) is 43.0 Å². The summed E-state index contributed by atoms with van der Waals surface area (Å²) >= 11 is 5.89. The third-order valence-corrected chi connectivity index (χ3v) is 5.65. The van der Waals surface area contributed by atoms with E-state index in [1.807, 2.05) is 11.9 Å². The van der Waals surface area contributed by atoms with Crippen molar-refractivity contribution >= 4 is 23.4 Å². The molecule has 2 heterocycles. The molecule has 2 aliphatic heterocycles. The summed E-state index contributed by atoms with van der Waals surface area (Å²) in [6.07, 6.45) is 2.00. The Bertz CT molecular complexity index is 659. The van der Waals surface area contributed by atoms with E-state index in [2.05, 4.69) is 0 Å². The van der Waals surface area contributed by atoms with Gasteiger partial charge < -0.3 is 14.5 Å². The number of carbonyl (C=O) groups is 2. The number of hydrogen-bond acceptors (Lipinski definition) is 3. The van der Waals surface area contributed by atoms with Crippen LogP contribution in [0.15, 0.2) is 24.3 Å². The molecule has 0 radical (unpaired) electrons. The predicted octanol–water partition coefficient (Wildman–Crippen LogP) is 2.05. The van der Waals surface area contributed by atoms with Gasteiger partial charge in [-0.2, -0.15) is 0 Å². The number of ether oxygens (including phenoxy) is 1. The molecule has 2 amide bonds. The Hall–Kier alpha value is -1.59. The normalized spacial score (nSPS) is 29.2. The molecular weight excluding hydrogens is 328 g/mol. The average molecular weight is 349 g/mol. The topological polar surface area (TPSA) is 49.9 Å². The molecule has 3 aliphatic rings. The van der Waals surface area contributed by atoms with Crippen LogP contribution in [-0.4, -0.2) is 60.5 Å². The summed E-state index contributed by atoms with van der Waals surface area (Å²) in [5.41, 5.74) is 0.629. The molecule has 0 spiro atoms. The van der Waals surface area contributed by atoms with Crippen LogP contribution in [0, 0.1) is 11.8 Å². The van der Waals surface area contributed by atoms with E-state index in [0.717, 1.165) is 0 Å². The van der Waals surface area contributed by atoms with Crippen molar-refractivity contribution in [3.8, 4) is 0 Å². The molecule has 1 aromatic rings. The summed E-state index contributed by atoms with van der Waals surface area (Å²) in [5, 5.41) is 0.615. The summed E-state index contributed by atoms with van der Waals surface area (Å²) < 4.78 is 5.93. The van der Waals surface area contributed by atoms with E-state index in [1.165, 1.54) is 12.8 Å². The first-order chi connectivity index (χ1) is 11.5. The molecule has 128 valence electrons. The maximum Gasteiger partial charge on any atom is 0.253 e. The first-order valence-corrected chi connectivity index (χ1v) is 8.85. The molecule has 0 N–H and O–H groups in total. The van der Waals surface area contributed by atoms with Crippen molar-refractivity contribution in [2.24, 2.45) is 11.8 Å². The van der Waals surface area contributed by atoms with Crippen molar-refractivity contribution in [3.05, 3.63) is 34.9 Å². The zero-order chi connectivity index (χ0) is 16.8. The molecular formula is C18H21ClN2O3. The minimum absolute atomic E-state index is 0.0112. The number of likely N-dealkylation sites (N-methyl/N-ethyl adjacent to an activating group) is 1. The number of carbonyl (C=O) groups excluding carboxylic acids is 2. The molecule has 6 heteroatoms. The quantitative estimate of drug-likeness (QED) is 0.836. The third-order valence-electron chi connectivity index (χ3n) is 5.40. The van der Waals surface area contributed by atoms with Gasteiger partial charge in [0.05, 0.1) is 12.6 Å². The lowest BCUT2D eigenvalue weighted by Crippen LogP contribution is -2.39. The zero-order valence-corrected chi connectivity index (χ0v) is 14.4. The van der Waals surface area contributed by atoms with Crippen molar-refractivity contribution in [2.75, 3.05) is 26.7 Å². The highest BCUT2D eigenvalue weighted by Crippen LogP contribution is 2.36. The van der Waals surface area contributed by atoms with Crippen LogP contribution in [0.5, 0.6) is 0 Å². The predicted molar refractivity (Wildman–Crippen MR) is 89.9 cm³/mol. The van der Waals surface area contributed by atoms with Gasteiger partial charge in [0, 0.05) is 36.6 Å². The number of likely N-dealkylation sites (tertiary alicyclic amines) is 2. The van der Waals surface area contributed by atoms with Gasteiger partial charge in [-0.15, -0.1) is 0 Å². The Balaban J connectivity index is 1.46. The van der Waals surface area contributed by atoms with Crippen LogP contribution in [0.1, 0.15) is 23.2 Å². The zero-order valence-electron chi connectivity index (χ0n) is 13.7. The lowest BCUT2D eigenvalue weighted by Gasteiger charge is -2.22. The van der Waals surface area contributed by atoms with Crippen molar-refractivity contribution in [3.63, 3.8) is 0 Å². The van der Waals surface area contributed by atoms with Crippen LogP contribution >= 0.6 is 11.6 Å². The van der Waals surface area contributed by atoms with Gasteiger partial charge in [-0.3, -0.25) is 9.59 Å². The average Bonchev–Trinajstić information content (AvgIpc) is 3.26. The SMILES string of the molecule is CN1C(=O)[C@@H](OCC2CC2)[C@H]2CN(C(=O)c3ccc(Cl)cc3)C[C@H]21. The molecule has 0 bridgehead atoms. The molecule has 4 rings (SSSR count). The minimum atomic E-state index is -0.399. The van der Waals surface area contributed by atoms with Gasteiger partial charge in [-0.25, -0.2) is 0 Å². The number of hydrogen-bond donors (Lipinski definition) is 0. The van der Waals surface area contributed by atoms with Crippen molar-refractivity contribution < 1.29 is 14.3 Å². The van der Waals surface area contributed by atoms with E-state index in [9.17, 15) is 9.59 Å². The van der Waals surface area contributed by atoms with Gasteiger partial charge >= 0.3 is 0 Å². The Morgan fingerprint density at radius 3 is 2.62 bits per heavy atom. The number of halogens is 1. The van der Waals surface area contributed by atoms with E-state index >= 15 is 0 Å². The van der Waals surface area contributed by atoms with E-state index in [4.69, 9.17) is 16.3 Å². The lowest BCUT2D eigenvalue weighted by molar-refractivity contribution is -0.138. The van der Waals surface area contributed by atoms with Crippen LogP contribution in [0.4, 0.5) is 0 Å². The van der Waals surface area contributed by atoms with Gasteiger partial charge in [0.1, 0.15) is 6.10 Å². The number of fused-ring (bicyclic) bond motifs is 1. The summed E-state index contributed by atoms with van der Waals surface area (Å²) in [4.78, 5) is 28.7. The standard InChI is InChI=1S/C18H21ClN2O3/c1-20-15-9-21(17(22)12-4-6-13(19)7-5-12)8-14(15)16(18(20)23)24-10-11-2-3-11/h4-7,11,14-16H,2-3,8-10H2,1H3/t14-,15+,16-/m0/s1. The fourth-order valence-electron chi connectivity index (χ4n) is 3.73. The van der Waals surface area contributed by atoms with Crippen molar-refractivity contribution in [2.45, 2.75) is 25.0 Å². The Morgan fingerprint density at radius 1 is 1.25 bits per heavy atom. The fraction of sp³-hybridized carbons (Fsp3) is 0.556. The highest BCUT2D eigenvalue weighted by molar-refractivity contribution is 6.30. The summed E-state index contributed by atoms with van der Waals surface area (Å²) in [6.45, 7) is 1.80. The smallest absolute Gasteiger partial charge is 0.253 e. The minimum Gasteiger partial charge on any atom is -0.368 e. The molecule has 1 saturated carbocycles. The largest absolute Gasteiger partial charge is 0.368 e. The molecule has 0 unspecified atom stereocenters. The van der Waals surface area contributed by atoms with Crippen molar-refractivity contribution in [1.82, 2.24) is 9.80 Å². The molecule has 3 atom stereocenters. The second-order valence-corrected chi connectivity index (χ2v) is 7.53. The van der Waals surface area contributed by atoms with Gasteiger partial charge in [0.2, 0.25) is 0 Å². The number of rotatable bonds is 4. The summed E-state index contributed by atoms with van der Waals surface area (Å²) in [5.74, 6) is 0.736. The summed E-state index contributed by atoms with van der Waals surface area (Å²) in [7, 11) is 1.82. The highest BCUT2D eigenvalue weighted by atomic mass is 35.5. The van der Waals surface area contributed by atoms with Crippen LogP contribution in [0.3, 0.4) is 0 Å². The first-order valence-electron chi connectivity index (χ1n) is 8.47. The number of nitrogens with zero attached hydrogens (tertiary/aromatic N) is 2. The lowest BCUT2D eigenvalue weighted by atomic mass is 10.0. The number of amides is 2. The second kappa shape index (κ2) is 6.05. The Labute approximate surface area is 146 Å². The van der Waals surface area contributed by atoms with E-state index in [0.29, 0.717) is 36.2 Å². The van der Waals surface area contributed by atoms with E-state index in [-0.39, 0.29) is 23.8 Å². The van der Waals surface area contributed by atoms with E-state index in [1.54, 1.807) is 29.2 Å². The molecule has 2 saturated heterocycles. The van der Waals surface area contributed by atoms with E-state index < -0.39 is 6.10 Å². The third kappa shape index (κ3) is 2.80. The first kappa shape index (κ1) is 15.9. The van der Waals surface area contributed by atoms with Gasteiger partial charge in [0.15, 0.2) is 0 Å². The molecule has 0 aromatic heterocycles. The van der Waals surface area contributed by atoms with Crippen LogP contribution in [0.2, 0.25) is 5.02 Å². The monoisotopic (exact) mass is 348 g/mol. The Morgan fingerprint density at radius 2 is 1.96 bits per heavy atom. The maximum absolute atomic E-state index is 12.7. The fourth-order valence-corrected chi connectivity index (χ4v) is 3.85. The second-order valence-electron chi connectivity index (χ2n) is 7.09. The molecule has 5 nitrogen and oxygen atoms in total. The molecule has 1 aliphatic carbocycles. The molecule has 24 heavy (non-hydrogen) atoms. The number of benzene rings is 1. The van der Waals surface area contributed by atoms with Crippen LogP contribution in [0.25, 0.3) is 0 Å².